The maximum absolute atomic E-state index is 12.1. The monoisotopic (exact) mass is 410 g/mol. The average molecular weight is 410 g/mol. The fourth-order valence-corrected chi connectivity index (χ4v) is 3.22. The molecule has 0 aliphatic heterocycles. The van der Waals surface area contributed by atoms with Crippen molar-refractivity contribution in [1.82, 2.24) is 10.3 Å². The Morgan fingerprint density at radius 3 is 2.45 bits per heavy atom. The van der Waals surface area contributed by atoms with E-state index in [9.17, 15) is 9.59 Å². The topological polar surface area (TPSA) is 92.4 Å². The zero-order valence-electron chi connectivity index (χ0n) is 16.2. The van der Waals surface area contributed by atoms with Crippen LogP contribution in [0, 0.1) is 6.92 Å². The van der Waals surface area contributed by atoms with Crippen molar-refractivity contribution >= 4 is 34.1 Å². The molecule has 3 rings (SSSR count). The molecule has 7 nitrogen and oxygen atoms in total. The van der Waals surface area contributed by atoms with Gasteiger partial charge in [0, 0.05) is 17.6 Å². The van der Waals surface area contributed by atoms with Gasteiger partial charge in [-0.2, -0.15) is 0 Å². The van der Waals surface area contributed by atoms with Crippen molar-refractivity contribution in [3.05, 3.63) is 70.7 Å². The number of ether oxygens (including phenoxy) is 1. The van der Waals surface area contributed by atoms with Crippen LogP contribution in [0.4, 0.5) is 15.6 Å². The lowest BCUT2D eigenvalue weighted by atomic mass is 10.2. The molecule has 0 bridgehead atoms. The van der Waals surface area contributed by atoms with Crippen LogP contribution in [-0.4, -0.2) is 24.0 Å². The van der Waals surface area contributed by atoms with Crippen LogP contribution in [0.5, 0.6) is 5.75 Å². The summed E-state index contributed by atoms with van der Waals surface area (Å²) in [6, 6.07) is 14.6. The number of carbonyl (C=O) groups excluding carboxylic acids is 2. The third-order valence-corrected chi connectivity index (χ3v) is 4.88. The number of aryl methyl sites for hydroxylation is 1. The number of anilines is 2. The maximum atomic E-state index is 12.1. The molecule has 0 radical (unpaired) electrons. The van der Waals surface area contributed by atoms with E-state index in [1.54, 1.807) is 12.5 Å². The van der Waals surface area contributed by atoms with E-state index < -0.39 is 0 Å². The van der Waals surface area contributed by atoms with Crippen LogP contribution in [0.15, 0.2) is 53.9 Å². The Morgan fingerprint density at radius 2 is 1.76 bits per heavy atom. The standard InChI is InChI=1S/C21H22N4O3S/c1-14-3-7-16(8-4-14)23-20(27)25-21-24-17(13-29-21)11-19(26)22-12-15-5-9-18(28-2)10-6-15/h3-10,13H,11-12H2,1-2H3,(H,22,26)(H2,23,24,25,27). The molecule has 0 atom stereocenters. The first-order valence-electron chi connectivity index (χ1n) is 9.00. The van der Waals surface area contributed by atoms with Crippen molar-refractivity contribution in [2.24, 2.45) is 0 Å². The number of thiazole rings is 1. The molecule has 0 saturated carbocycles. The number of hydrogen-bond acceptors (Lipinski definition) is 5. The molecule has 0 fully saturated rings. The first-order valence-corrected chi connectivity index (χ1v) is 9.88. The smallest absolute Gasteiger partial charge is 0.325 e. The van der Waals surface area contributed by atoms with Crippen molar-refractivity contribution in [2.45, 2.75) is 19.9 Å². The number of benzene rings is 2. The molecule has 0 saturated heterocycles. The Kier molecular flexibility index (Phi) is 6.80. The molecule has 8 heteroatoms. The Bertz CT molecular complexity index is 968. The van der Waals surface area contributed by atoms with E-state index in [0.29, 0.717) is 23.1 Å². The van der Waals surface area contributed by atoms with Gasteiger partial charge in [0.2, 0.25) is 5.91 Å². The Balaban J connectivity index is 1.45. The molecular formula is C21H22N4O3S. The third-order valence-electron chi connectivity index (χ3n) is 4.07. The minimum absolute atomic E-state index is 0.137. The summed E-state index contributed by atoms with van der Waals surface area (Å²) in [6.45, 7) is 2.41. The largest absolute Gasteiger partial charge is 0.497 e. The molecule has 29 heavy (non-hydrogen) atoms. The second-order valence-corrected chi connectivity index (χ2v) is 7.25. The number of methoxy groups -OCH3 is 1. The zero-order chi connectivity index (χ0) is 20.6. The van der Waals surface area contributed by atoms with Gasteiger partial charge >= 0.3 is 6.03 Å². The summed E-state index contributed by atoms with van der Waals surface area (Å²) in [5.41, 5.74) is 3.40. The molecule has 0 aliphatic rings. The van der Waals surface area contributed by atoms with Gasteiger partial charge in [0.15, 0.2) is 5.13 Å². The Hall–Kier alpha value is -3.39. The van der Waals surface area contributed by atoms with Crippen molar-refractivity contribution in [2.75, 3.05) is 17.7 Å². The summed E-state index contributed by atoms with van der Waals surface area (Å²) in [5.74, 6) is 0.635. The molecule has 1 heterocycles. The lowest BCUT2D eigenvalue weighted by molar-refractivity contribution is -0.120. The second-order valence-electron chi connectivity index (χ2n) is 6.39. The number of urea groups is 1. The van der Waals surface area contributed by atoms with E-state index in [2.05, 4.69) is 20.9 Å². The number of nitrogens with zero attached hydrogens (tertiary/aromatic N) is 1. The van der Waals surface area contributed by atoms with Crippen LogP contribution in [-0.2, 0) is 17.8 Å². The molecular weight excluding hydrogens is 388 g/mol. The summed E-state index contributed by atoms with van der Waals surface area (Å²) in [5, 5.41) is 10.5. The zero-order valence-corrected chi connectivity index (χ0v) is 17.0. The summed E-state index contributed by atoms with van der Waals surface area (Å²) in [6.07, 6.45) is 0.147. The van der Waals surface area contributed by atoms with Crippen molar-refractivity contribution in [3.8, 4) is 5.75 Å². The highest BCUT2D eigenvalue weighted by Crippen LogP contribution is 2.17. The minimum atomic E-state index is -0.376. The maximum Gasteiger partial charge on any atom is 0.325 e. The molecule has 150 valence electrons. The van der Waals surface area contributed by atoms with Gasteiger partial charge in [0.1, 0.15) is 5.75 Å². The van der Waals surface area contributed by atoms with E-state index in [0.717, 1.165) is 16.9 Å². The van der Waals surface area contributed by atoms with Gasteiger partial charge in [0.05, 0.1) is 19.2 Å². The highest BCUT2D eigenvalue weighted by Gasteiger charge is 2.10. The summed E-state index contributed by atoms with van der Waals surface area (Å²) < 4.78 is 5.11. The predicted molar refractivity (Wildman–Crippen MR) is 114 cm³/mol. The van der Waals surface area contributed by atoms with Gasteiger partial charge in [0.25, 0.3) is 0 Å². The lowest BCUT2D eigenvalue weighted by Gasteiger charge is -2.06. The van der Waals surface area contributed by atoms with E-state index in [-0.39, 0.29) is 18.4 Å². The third kappa shape index (κ3) is 6.32. The normalized spacial score (nSPS) is 10.3. The quantitative estimate of drug-likeness (QED) is 0.550. The van der Waals surface area contributed by atoms with Gasteiger partial charge in [-0.05, 0) is 36.8 Å². The molecule has 3 amide bonds. The molecule has 0 spiro atoms. The number of aromatic nitrogens is 1. The van der Waals surface area contributed by atoms with Crippen LogP contribution < -0.4 is 20.7 Å². The predicted octanol–water partition coefficient (Wildman–Crippen LogP) is 3.96. The van der Waals surface area contributed by atoms with Gasteiger partial charge in [-0.25, -0.2) is 9.78 Å². The van der Waals surface area contributed by atoms with Gasteiger partial charge in [-0.3, -0.25) is 10.1 Å². The van der Waals surface area contributed by atoms with Crippen LogP contribution in [0.2, 0.25) is 0 Å². The molecule has 2 aromatic carbocycles. The highest BCUT2D eigenvalue weighted by molar-refractivity contribution is 7.14. The summed E-state index contributed by atoms with van der Waals surface area (Å²) >= 11 is 1.27. The van der Waals surface area contributed by atoms with Crippen LogP contribution in [0.1, 0.15) is 16.8 Å². The first kappa shape index (κ1) is 20.3. The van der Waals surface area contributed by atoms with Crippen LogP contribution in [0.3, 0.4) is 0 Å². The lowest BCUT2D eigenvalue weighted by Crippen LogP contribution is -2.24. The van der Waals surface area contributed by atoms with E-state index in [1.807, 2.05) is 55.5 Å². The summed E-state index contributed by atoms with van der Waals surface area (Å²) in [7, 11) is 1.61. The number of amides is 3. The second kappa shape index (κ2) is 9.70. The minimum Gasteiger partial charge on any atom is -0.497 e. The number of nitrogens with one attached hydrogen (secondary N) is 3. The molecule has 1 aromatic heterocycles. The molecule has 3 aromatic rings. The van der Waals surface area contributed by atoms with Crippen molar-refractivity contribution in [1.29, 1.82) is 0 Å². The summed E-state index contributed by atoms with van der Waals surface area (Å²) in [4.78, 5) is 28.5. The van der Waals surface area contributed by atoms with Crippen LogP contribution >= 0.6 is 11.3 Å². The van der Waals surface area contributed by atoms with Gasteiger partial charge in [-0.15, -0.1) is 11.3 Å². The number of carbonyl (C=O) groups is 2. The van der Waals surface area contributed by atoms with Crippen molar-refractivity contribution < 1.29 is 14.3 Å². The van der Waals surface area contributed by atoms with Crippen LogP contribution in [0.25, 0.3) is 0 Å². The van der Waals surface area contributed by atoms with E-state index in [4.69, 9.17) is 4.74 Å². The highest BCUT2D eigenvalue weighted by atomic mass is 32.1. The average Bonchev–Trinajstić information content (AvgIpc) is 3.15. The number of rotatable bonds is 7. The fraction of sp³-hybridized carbons (Fsp3) is 0.190. The number of hydrogen-bond donors (Lipinski definition) is 3. The van der Waals surface area contributed by atoms with Crippen molar-refractivity contribution in [3.63, 3.8) is 0 Å². The van der Waals surface area contributed by atoms with E-state index >= 15 is 0 Å². The molecule has 3 N–H and O–H groups in total. The molecule has 0 aliphatic carbocycles. The SMILES string of the molecule is COc1ccc(CNC(=O)Cc2csc(NC(=O)Nc3ccc(C)cc3)n2)cc1. The first-order chi connectivity index (χ1) is 14.0. The Morgan fingerprint density at radius 1 is 1.03 bits per heavy atom. The fourth-order valence-electron chi connectivity index (χ4n) is 2.51. The Labute approximate surface area is 173 Å². The van der Waals surface area contributed by atoms with E-state index in [1.165, 1.54) is 11.3 Å². The molecule has 0 unspecified atom stereocenters. The van der Waals surface area contributed by atoms with Gasteiger partial charge in [-0.1, -0.05) is 29.8 Å². The van der Waals surface area contributed by atoms with Gasteiger partial charge < -0.3 is 15.4 Å².